The summed E-state index contributed by atoms with van der Waals surface area (Å²) in [4.78, 5) is 13.8. The van der Waals surface area contributed by atoms with Gasteiger partial charge in [0.2, 0.25) is 0 Å². The van der Waals surface area contributed by atoms with Crippen molar-refractivity contribution in [3.05, 3.63) is 12.2 Å². The number of rotatable bonds is 2. The molecule has 1 unspecified atom stereocenters. The minimum Gasteiger partial charge on any atom is -0.444 e. The van der Waals surface area contributed by atoms with Gasteiger partial charge in [0, 0.05) is 12.6 Å². The van der Waals surface area contributed by atoms with Crippen LogP contribution >= 0.6 is 0 Å². The molecule has 0 saturated heterocycles. The summed E-state index contributed by atoms with van der Waals surface area (Å²) in [6.07, 6.45) is 7.10. The zero-order valence-electron chi connectivity index (χ0n) is 10.8. The van der Waals surface area contributed by atoms with Crippen molar-refractivity contribution >= 4 is 6.09 Å². The van der Waals surface area contributed by atoms with Crippen LogP contribution in [-0.4, -0.2) is 29.2 Å². The maximum Gasteiger partial charge on any atom is 0.410 e. The lowest BCUT2D eigenvalue weighted by Crippen LogP contribution is -2.44. The van der Waals surface area contributed by atoms with Crippen LogP contribution in [-0.2, 0) is 4.74 Å². The molecule has 0 aliphatic carbocycles. The molecule has 0 aromatic rings. The second kappa shape index (κ2) is 5.37. The number of carbonyl (C=O) groups is 1. The second-order valence-corrected chi connectivity index (χ2v) is 5.28. The predicted octanol–water partition coefficient (Wildman–Crippen LogP) is 3.35. The van der Waals surface area contributed by atoms with Gasteiger partial charge < -0.3 is 9.64 Å². The first-order valence-corrected chi connectivity index (χ1v) is 6.08. The van der Waals surface area contributed by atoms with Crippen LogP contribution in [0.25, 0.3) is 0 Å². The van der Waals surface area contributed by atoms with Crippen LogP contribution in [0, 0.1) is 0 Å². The third-order valence-electron chi connectivity index (χ3n) is 2.57. The van der Waals surface area contributed by atoms with Crippen molar-refractivity contribution < 1.29 is 9.53 Å². The van der Waals surface area contributed by atoms with Crippen molar-refractivity contribution in [2.24, 2.45) is 0 Å². The molecule has 0 spiro atoms. The topological polar surface area (TPSA) is 29.5 Å². The van der Waals surface area contributed by atoms with Crippen LogP contribution in [0.2, 0.25) is 0 Å². The summed E-state index contributed by atoms with van der Waals surface area (Å²) >= 11 is 0. The molecule has 1 amide bonds. The summed E-state index contributed by atoms with van der Waals surface area (Å²) in [5.41, 5.74) is -0.408. The SMILES string of the molecule is CCCC1CC=CCN1C(=O)OC(C)(C)C. The minimum atomic E-state index is -0.408. The van der Waals surface area contributed by atoms with E-state index in [0.29, 0.717) is 12.6 Å². The Morgan fingerprint density at radius 3 is 2.69 bits per heavy atom. The zero-order chi connectivity index (χ0) is 12.2. The van der Waals surface area contributed by atoms with Gasteiger partial charge in [-0.05, 0) is 33.6 Å². The lowest BCUT2D eigenvalue weighted by Gasteiger charge is -2.34. The maximum absolute atomic E-state index is 12.0. The Bertz CT molecular complexity index is 266. The molecule has 1 atom stereocenters. The fourth-order valence-electron chi connectivity index (χ4n) is 1.87. The molecule has 16 heavy (non-hydrogen) atoms. The van der Waals surface area contributed by atoms with E-state index in [1.165, 1.54) is 0 Å². The number of hydrogen-bond donors (Lipinski definition) is 0. The van der Waals surface area contributed by atoms with Gasteiger partial charge in [-0.2, -0.15) is 0 Å². The van der Waals surface area contributed by atoms with Crippen LogP contribution in [0.3, 0.4) is 0 Å². The van der Waals surface area contributed by atoms with Gasteiger partial charge in [0.05, 0.1) is 0 Å². The molecular formula is C13H23NO2. The molecule has 1 aliphatic heterocycles. The van der Waals surface area contributed by atoms with Crippen LogP contribution in [0.5, 0.6) is 0 Å². The summed E-state index contributed by atoms with van der Waals surface area (Å²) in [6.45, 7) is 8.53. The van der Waals surface area contributed by atoms with Gasteiger partial charge in [0.25, 0.3) is 0 Å². The van der Waals surface area contributed by atoms with Gasteiger partial charge in [-0.1, -0.05) is 25.5 Å². The molecule has 0 bridgehead atoms. The molecule has 1 aliphatic rings. The Hall–Kier alpha value is -0.990. The number of nitrogens with zero attached hydrogens (tertiary/aromatic N) is 1. The van der Waals surface area contributed by atoms with Crippen molar-refractivity contribution in [1.82, 2.24) is 4.90 Å². The monoisotopic (exact) mass is 225 g/mol. The van der Waals surface area contributed by atoms with E-state index in [9.17, 15) is 4.79 Å². The minimum absolute atomic E-state index is 0.185. The number of ether oxygens (including phenoxy) is 1. The molecular weight excluding hydrogens is 202 g/mol. The first-order chi connectivity index (χ1) is 7.44. The van der Waals surface area contributed by atoms with Crippen molar-refractivity contribution in [3.8, 4) is 0 Å². The third kappa shape index (κ3) is 3.87. The van der Waals surface area contributed by atoms with Crippen molar-refractivity contribution in [3.63, 3.8) is 0 Å². The average molecular weight is 225 g/mol. The number of amides is 1. The zero-order valence-corrected chi connectivity index (χ0v) is 10.8. The van der Waals surface area contributed by atoms with Crippen molar-refractivity contribution in [1.29, 1.82) is 0 Å². The third-order valence-corrected chi connectivity index (χ3v) is 2.57. The summed E-state index contributed by atoms with van der Waals surface area (Å²) in [5, 5.41) is 0. The highest BCUT2D eigenvalue weighted by Crippen LogP contribution is 2.19. The molecule has 0 fully saturated rings. The largest absolute Gasteiger partial charge is 0.444 e. The Balaban J connectivity index is 2.61. The van der Waals surface area contributed by atoms with Crippen LogP contribution < -0.4 is 0 Å². The van der Waals surface area contributed by atoms with Gasteiger partial charge >= 0.3 is 6.09 Å². The Morgan fingerprint density at radius 1 is 1.44 bits per heavy atom. The Morgan fingerprint density at radius 2 is 2.12 bits per heavy atom. The van der Waals surface area contributed by atoms with Gasteiger partial charge in [0.15, 0.2) is 0 Å². The molecule has 0 aromatic carbocycles. The van der Waals surface area contributed by atoms with Gasteiger partial charge in [-0.3, -0.25) is 0 Å². The first-order valence-electron chi connectivity index (χ1n) is 6.08. The van der Waals surface area contributed by atoms with E-state index in [0.717, 1.165) is 19.3 Å². The lowest BCUT2D eigenvalue weighted by molar-refractivity contribution is 0.0170. The molecule has 3 heteroatoms. The molecule has 3 nitrogen and oxygen atoms in total. The van der Waals surface area contributed by atoms with E-state index in [1.54, 1.807) is 0 Å². The van der Waals surface area contributed by atoms with E-state index < -0.39 is 5.60 Å². The summed E-state index contributed by atoms with van der Waals surface area (Å²) in [7, 11) is 0. The Kier molecular flexibility index (Phi) is 4.39. The summed E-state index contributed by atoms with van der Waals surface area (Å²) in [6, 6.07) is 0.310. The van der Waals surface area contributed by atoms with Crippen LogP contribution in [0.4, 0.5) is 4.79 Å². The maximum atomic E-state index is 12.0. The molecule has 0 radical (unpaired) electrons. The molecule has 0 saturated carbocycles. The molecule has 1 rings (SSSR count). The number of carbonyl (C=O) groups excluding carboxylic acids is 1. The predicted molar refractivity (Wildman–Crippen MR) is 65.4 cm³/mol. The number of hydrogen-bond acceptors (Lipinski definition) is 2. The normalized spacial score (nSPS) is 21.0. The smallest absolute Gasteiger partial charge is 0.410 e. The fraction of sp³-hybridized carbons (Fsp3) is 0.769. The van der Waals surface area contributed by atoms with Gasteiger partial charge in [0.1, 0.15) is 5.60 Å². The van der Waals surface area contributed by atoms with Crippen LogP contribution in [0.1, 0.15) is 47.0 Å². The van der Waals surface area contributed by atoms with Gasteiger partial charge in [-0.25, -0.2) is 4.79 Å². The van der Waals surface area contributed by atoms with Crippen molar-refractivity contribution in [2.75, 3.05) is 6.54 Å². The highest BCUT2D eigenvalue weighted by Gasteiger charge is 2.27. The summed E-state index contributed by atoms with van der Waals surface area (Å²) < 4.78 is 5.41. The fourth-order valence-corrected chi connectivity index (χ4v) is 1.87. The molecule has 1 heterocycles. The molecule has 0 aromatic heterocycles. The highest BCUT2D eigenvalue weighted by molar-refractivity contribution is 5.69. The quantitative estimate of drug-likeness (QED) is 0.674. The first kappa shape index (κ1) is 13.1. The van der Waals surface area contributed by atoms with Crippen LogP contribution in [0.15, 0.2) is 12.2 Å². The second-order valence-electron chi connectivity index (χ2n) is 5.28. The van der Waals surface area contributed by atoms with E-state index in [4.69, 9.17) is 4.74 Å². The summed E-state index contributed by atoms with van der Waals surface area (Å²) in [5.74, 6) is 0. The van der Waals surface area contributed by atoms with E-state index >= 15 is 0 Å². The van der Waals surface area contributed by atoms with Crippen molar-refractivity contribution in [2.45, 2.75) is 58.6 Å². The van der Waals surface area contributed by atoms with Gasteiger partial charge in [-0.15, -0.1) is 0 Å². The molecule has 92 valence electrons. The van der Waals surface area contributed by atoms with E-state index in [2.05, 4.69) is 13.0 Å². The average Bonchev–Trinajstić information content (AvgIpc) is 2.16. The van der Waals surface area contributed by atoms with E-state index in [1.807, 2.05) is 31.7 Å². The standard InChI is InChI=1S/C13H23NO2/c1-5-8-11-9-6-7-10-14(11)12(15)16-13(2,3)4/h6-7,11H,5,8-10H2,1-4H3. The Labute approximate surface area is 98.5 Å². The highest BCUT2D eigenvalue weighted by atomic mass is 16.6. The van der Waals surface area contributed by atoms with E-state index in [-0.39, 0.29) is 6.09 Å². The molecule has 0 N–H and O–H groups in total. The lowest BCUT2D eigenvalue weighted by atomic mass is 10.0.